The largest absolute Gasteiger partial charge is 0.490 e. The quantitative estimate of drug-likeness (QED) is 0.605. The van der Waals surface area contributed by atoms with Gasteiger partial charge < -0.3 is 30.3 Å². The van der Waals surface area contributed by atoms with Gasteiger partial charge in [0.15, 0.2) is 0 Å². The highest BCUT2D eigenvalue weighted by Crippen LogP contribution is 2.27. The van der Waals surface area contributed by atoms with Crippen LogP contribution in [0.2, 0.25) is 0 Å². The van der Waals surface area contributed by atoms with Crippen LogP contribution in [0.3, 0.4) is 0 Å². The van der Waals surface area contributed by atoms with Crippen molar-refractivity contribution in [1.29, 1.82) is 0 Å². The highest BCUT2D eigenvalue weighted by molar-refractivity contribution is 5.77. The van der Waals surface area contributed by atoms with Gasteiger partial charge in [-0.2, -0.15) is 0 Å². The maximum Gasteiger partial charge on any atom is 0.325 e. The van der Waals surface area contributed by atoms with Crippen molar-refractivity contribution in [2.75, 3.05) is 26.3 Å². The zero-order valence-corrected chi connectivity index (χ0v) is 15.8. The monoisotopic (exact) mass is 400 g/mol. The predicted octanol–water partition coefficient (Wildman–Crippen LogP) is 1.98. The van der Waals surface area contributed by atoms with Gasteiger partial charge in [-0.25, -0.2) is 0 Å². The number of benzene rings is 2. The average Bonchev–Trinajstić information content (AvgIpc) is 2.71. The summed E-state index contributed by atoms with van der Waals surface area (Å²) in [5, 5.41) is 25.3. The molecule has 1 aliphatic rings. The van der Waals surface area contributed by atoms with Gasteiger partial charge >= 0.3 is 11.9 Å². The molecule has 0 unspecified atom stereocenters. The number of ether oxygens (including phenoxy) is 2. The number of para-hydroxylation sites is 2. The molecule has 0 radical (unpaired) electrons. The Morgan fingerprint density at radius 3 is 1.59 bits per heavy atom. The third-order valence-electron chi connectivity index (χ3n) is 4.60. The first-order chi connectivity index (χ1) is 14.1. The van der Waals surface area contributed by atoms with E-state index < -0.39 is 24.0 Å². The lowest BCUT2D eigenvalue weighted by molar-refractivity contribution is -0.140. The molecule has 0 bridgehead atoms. The van der Waals surface area contributed by atoms with Crippen LogP contribution in [0.1, 0.15) is 29.6 Å². The van der Waals surface area contributed by atoms with Crippen molar-refractivity contribution >= 4 is 11.9 Å². The maximum absolute atomic E-state index is 11.8. The first-order valence-electron chi connectivity index (χ1n) is 9.43. The second-order valence-corrected chi connectivity index (χ2v) is 6.58. The van der Waals surface area contributed by atoms with Gasteiger partial charge in [0, 0.05) is 11.1 Å². The Kier molecular flexibility index (Phi) is 7.04. The molecule has 2 aromatic rings. The van der Waals surface area contributed by atoms with Gasteiger partial charge in [-0.3, -0.25) is 9.59 Å². The molecule has 1 aliphatic heterocycles. The van der Waals surface area contributed by atoms with Crippen LogP contribution in [0.5, 0.6) is 11.5 Å². The Morgan fingerprint density at radius 2 is 1.17 bits per heavy atom. The number of hydrogen-bond acceptors (Lipinski definition) is 6. The normalized spacial score (nSPS) is 20.6. The first-order valence-corrected chi connectivity index (χ1v) is 9.43. The molecule has 0 aliphatic carbocycles. The van der Waals surface area contributed by atoms with E-state index in [1.165, 1.54) is 0 Å². The second-order valence-electron chi connectivity index (χ2n) is 6.58. The summed E-state index contributed by atoms with van der Waals surface area (Å²) in [6.45, 7) is 1.15. The van der Waals surface area contributed by atoms with Gasteiger partial charge in [-0.05, 0) is 31.6 Å². The standard InChI is InChI=1S/C21H24N2O6/c24-20(25)18-14-6-1-3-8-16(14)28-12-13-29-17-9-4-2-7-15(17)19(21(26)27)23-11-5-10-22-18/h1-4,6-9,18-19,22-23H,5,10-13H2,(H,24,25)(H,26,27)/t18-,19+. The maximum atomic E-state index is 11.8. The van der Waals surface area contributed by atoms with Crippen molar-refractivity contribution in [2.24, 2.45) is 0 Å². The molecule has 2 aromatic carbocycles. The van der Waals surface area contributed by atoms with E-state index in [0.29, 0.717) is 42.1 Å². The SMILES string of the molecule is O=C(O)[C@H]1NCCCN[C@@H](C(=O)O)c2ccccc2OCCOc2ccccc21. The molecule has 4 N–H and O–H groups in total. The van der Waals surface area contributed by atoms with Crippen LogP contribution in [0.25, 0.3) is 0 Å². The summed E-state index contributed by atoms with van der Waals surface area (Å²) in [7, 11) is 0. The van der Waals surface area contributed by atoms with Crippen LogP contribution >= 0.6 is 0 Å². The summed E-state index contributed by atoms with van der Waals surface area (Å²) in [5.41, 5.74) is 1.07. The lowest BCUT2D eigenvalue weighted by atomic mass is 10.1. The van der Waals surface area contributed by atoms with E-state index >= 15 is 0 Å². The molecule has 0 aromatic heterocycles. The Labute approximate surface area is 168 Å². The zero-order valence-electron chi connectivity index (χ0n) is 15.8. The summed E-state index contributed by atoms with van der Waals surface area (Å²) >= 11 is 0. The topological polar surface area (TPSA) is 117 Å². The summed E-state index contributed by atoms with van der Waals surface area (Å²) in [6, 6.07) is 12.1. The average molecular weight is 400 g/mol. The minimum Gasteiger partial charge on any atom is -0.490 e. The molecule has 0 saturated carbocycles. The number of carbonyl (C=O) groups is 2. The summed E-state index contributed by atoms with van der Waals surface area (Å²) in [6.07, 6.45) is 0.541. The number of carboxylic acids is 2. The molecule has 8 heteroatoms. The third kappa shape index (κ3) is 5.24. The molecular weight excluding hydrogens is 376 g/mol. The molecule has 8 nitrogen and oxygen atoms in total. The van der Waals surface area contributed by atoms with Crippen LogP contribution in [0.4, 0.5) is 0 Å². The molecule has 0 saturated heterocycles. The van der Waals surface area contributed by atoms with E-state index in [4.69, 9.17) is 9.47 Å². The van der Waals surface area contributed by atoms with Gasteiger partial charge in [0.25, 0.3) is 0 Å². The molecule has 3 rings (SSSR count). The molecule has 154 valence electrons. The van der Waals surface area contributed by atoms with Gasteiger partial charge in [0.2, 0.25) is 0 Å². The van der Waals surface area contributed by atoms with Gasteiger partial charge in [-0.15, -0.1) is 0 Å². The Hall–Kier alpha value is -3.10. The van der Waals surface area contributed by atoms with Crippen molar-refractivity contribution in [1.82, 2.24) is 10.6 Å². The van der Waals surface area contributed by atoms with E-state index in [1.807, 2.05) is 0 Å². The highest BCUT2D eigenvalue weighted by Gasteiger charge is 2.25. The number of hydrogen-bond donors (Lipinski definition) is 4. The molecule has 0 spiro atoms. The summed E-state index contributed by atoms with van der Waals surface area (Å²) in [5.74, 6) is -1.07. The predicted molar refractivity (Wildman–Crippen MR) is 105 cm³/mol. The zero-order chi connectivity index (χ0) is 20.6. The third-order valence-corrected chi connectivity index (χ3v) is 4.60. The van der Waals surface area contributed by atoms with E-state index in [0.717, 1.165) is 0 Å². The first kappa shape index (κ1) is 20.6. The van der Waals surface area contributed by atoms with E-state index in [1.54, 1.807) is 48.5 Å². The molecular formula is C21H24N2O6. The minimum atomic E-state index is -1.01. The van der Waals surface area contributed by atoms with E-state index in [2.05, 4.69) is 10.6 Å². The summed E-state index contributed by atoms with van der Waals surface area (Å²) < 4.78 is 11.5. The van der Waals surface area contributed by atoms with E-state index in [9.17, 15) is 19.8 Å². The van der Waals surface area contributed by atoms with Crippen molar-refractivity contribution in [3.05, 3.63) is 59.7 Å². The number of aliphatic carboxylic acids is 2. The van der Waals surface area contributed by atoms with Gasteiger partial charge in [0.05, 0.1) is 0 Å². The van der Waals surface area contributed by atoms with Crippen LogP contribution in [0, 0.1) is 0 Å². The second kappa shape index (κ2) is 9.90. The number of rotatable bonds is 2. The number of nitrogens with one attached hydrogen (secondary N) is 2. The van der Waals surface area contributed by atoms with Crippen molar-refractivity contribution in [3.8, 4) is 11.5 Å². The molecule has 2 atom stereocenters. The van der Waals surface area contributed by atoms with Crippen molar-refractivity contribution in [3.63, 3.8) is 0 Å². The Bertz CT molecular complexity index is 787. The number of carboxylic acid groups (broad SMARTS) is 2. The highest BCUT2D eigenvalue weighted by atomic mass is 16.5. The van der Waals surface area contributed by atoms with Crippen molar-refractivity contribution in [2.45, 2.75) is 18.5 Å². The van der Waals surface area contributed by atoms with Crippen molar-refractivity contribution < 1.29 is 29.3 Å². The molecule has 1 heterocycles. The van der Waals surface area contributed by atoms with Crippen LogP contribution < -0.4 is 20.1 Å². The lowest BCUT2D eigenvalue weighted by Crippen LogP contribution is -2.33. The smallest absolute Gasteiger partial charge is 0.325 e. The fraction of sp³-hybridized carbons (Fsp3) is 0.333. The van der Waals surface area contributed by atoms with Crippen LogP contribution in [0.15, 0.2) is 48.5 Å². The molecule has 29 heavy (non-hydrogen) atoms. The Balaban J connectivity index is 1.85. The number of fused-ring (bicyclic) bond motifs is 2. The van der Waals surface area contributed by atoms with Gasteiger partial charge in [0.1, 0.15) is 36.8 Å². The summed E-state index contributed by atoms with van der Waals surface area (Å²) in [4.78, 5) is 23.5. The molecule has 0 fully saturated rings. The van der Waals surface area contributed by atoms with Crippen LogP contribution in [-0.2, 0) is 9.59 Å². The lowest BCUT2D eigenvalue weighted by Gasteiger charge is -2.19. The van der Waals surface area contributed by atoms with Crippen LogP contribution in [-0.4, -0.2) is 48.5 Å². The molecule has 0 amide bonds. The minimum absolute atomic E-state index is 0.183. The fourth-order valence-corrected chi connectivity index (χ4v) is 3.25. The fourth-order valence-electron chi connectivity index (χ4n) is 3.25. The Morgan fingerprint density at radius 1 is 0.759 bits per heavy atom. The van der Waals surface area contributed by atoms with Gasteiger partial charge in [-0.1, -0.05) is 36.4 Å². The van der Waals surface area contributed by atoms with E-state index in [-0.39, 0.29) is 13.2 Å².